The van der Waals surface area contributed by atoms with Gasteiger partial charge in [0.15, 0.2) is 0 Å². The molecule has 0 aromatic rings. The van der Waals surface area contributed by atoms with Crippen molar-refractivity contribution in [2.24, 2.45) is 5.92 Å². The van der Waals surface area contributed by atoms with Crippen molar-refractivity contribution in [1.29, 1.82) is 0 Å². The molecule has 1 saturated carbocycles. The zero-order valence-electron chi connectivity index (χ0n) is 6.61. The highest BCUT2D eigenvalue weighted by atomic mass is 35.5. The van der Waals surface area contributed by atoms with E-state index in [4.69, 9.17) is 34.8 Å². The molecule has 0 heterocycles. The number of alkyl halides is 3. The third-order valence-corrected chi connectivity index (χ3v) is 2.96. The number of amides is 1. The zero-order valence-corrected chi connectivity index (χ0v) is 8.88. The van der Waals surface area contributed by atoms with Crippen LogP contribution in [0.25, 0.3) is 0 Å². The summed E-state index contributed by atoms with van der Waals surface area (Å²) in [5, 5.41) is 2.16. The third-order valence-electron chi connectivity index (χ3n) is 1.84. The van der Waals surface area contributed by atoms with Gasteiger partial charge in [0, 0.05) is 12.5 Å². The Labute approximate surface area is 86.5 Å². The third kappa shape index (κ3) is 2.68. The monoisotopic (exact) mass is 229 g/mol. The van der Waals surface area contributed by atoms with Crippen molar-refractivity contribution in [3.63, 3.8) is 0 Å². The summed E-state index contributed by atoms with van der Waals surface area (Å²) in [5.41, 5.74) is 0. The Kier molecular flexibility index (Phi) is 3.13. The minimum Gasteiger partial charge on any atom is -0.354 e. The highest BCUT2D eigenvalue weighted by Gasteiger charge is 2.51. The van der Waals surface area contributed by atoms with Gasteiger partial charge in [-0.05, 0) is 13.3 Å². The molecule has 0 radical (unpaired) electrons. The fourth-order valence-electron chi connectivity index (χ4n) is 0.856. The topological polar surface area (TPSA) is 29.1 Å². The van der Waals surface area contributed by atoms with Crippen LogP contribution in [0, 0.1) is 5.92 Å². The van der Waals surface area contributed by atoms with E-state index in [1.165, 1.54) is 0 Å². The highest BCUT2D eigenvalue weighted by Crippen LogP contribution is 2.52. The molecule has 1 fully saturated rings. The van der Waals surface area contributed by atoms with Crippen LogP contribution in [0.15, 0.2) is 0 Å². The van der Waals surface area contributed by atoms with Crippen LogP contribution < -0.4 is 5.32 Å². The van der Waals surface area contributed by atoms with E-state index in [0.717, 1.165) is 6.42 Å². The maximum Gasteiger partial charge on any atom is 0.237 e. The van der Waals surface area contributed by atoms with Gasteiger partial charge in [-0.25, -0.2) is 0 Å². The van der Waals surface area contributed by atoms with E-state index in [2.05, 4.69) is 5.32 Å². The summed E-state index contributed by atoms with van der Waals surface area (Å²) in [4.78, 5) is 11.0. The predicted octanol–water partition coefficient (Wildman–Crippen LogP) is 1.92. The SMILES string of the molecule is CC(Cl)C(=O)NCC1CC1(Cl)Cl. The highest BCUT2D eigenvalue weighted by molar-refractivity contribution is 6.50. The first-order chi connectivity index (χ1) is 5.43. The van der Waals surface area contributed by atoms with Gasteiger partial charge in [0.2, 0.25) is 5.91 Å². The normalized spacial score (nSPS) is 27.8. The van der Waals surface area contributed by atoms with Crippen molar-refractivity contribution >= 4 is 40.7 Å². The molecule has 12 heavy (non-hydrogen) atoms. The minimum absolute atomic E-state index is 0.173. The van der Waals surface area contributed by atoms with Gasteiger partial charge < -0.3 is 5.32 Å². The Hall–Kier alpha value is 0.340. The van der Waals surface area contributed by atoms with Crippen LogP contribution in [0.2, 0.25) is 0 Å². The first-order valence-corrected chi connectivity index (χ1v) is 4.92. The molecule has 5 heteroatoms. The summed E-state index contributed by atoms with van der Waals surface area (Å²) in [6.07, 6.45) is 0.743. The van der Waals surface area contributed by atoms with Crippen molar-refractivity contribution < 1.29 is 4.79 Å². The minimum atomic E-state index is -0.622. The van der Waals surface area contributed by atoms with Gasteiger partial charge in [-0.3, -0.25) is 4.79 Å². The molecule has 0 aromatic heterocycles. The number of carbonyl (C=O) groups excluding carboxylic acids is 1. The molecule has 0 spiro atoms. The summed E-state index contributed by atoms with van der Waals surface area (Å²) >= 11 is 17.0. The van der Waals surface area contributed by atoms with E-state index in [1.807, 2.05) is 0 Å². The van der Waals surface area contributed by atoms with Gasteiger partial charge in [-0.15, -0.1) is 34.8 Å². The molecule has 2 atom stereocenters. The molecule has 1 rings (SSSR count). The summed E-state index contributed by atoms with van der Waals surface area (Å²) < 4.78 is -0.622. The van der Waals surface area contributed by atoms with Crippen molar-refractivity contribution in [3.05, 3.63) is 0 Å². The lowest BCUT2D eigenvalue weighted by molar-refractivity contribution is -0.120. The first-order valence-electron chi connectivity index (χ1n) is 3.73. The summed E-state index contributed by atoms with van der Waals surface area (Å²) in [5.74, 6) is 0.00731. The number of rotatable bonds is 3. The van der Waals surface area contributed by atoms with Gasteiger partial charge in [0.1, 0.15) is 9.71 Å². The van der Waals surface area contributed by atoms with Crippen LogP contribution in [0.5, 0.6) is 0 Å². The van der Waals surface area contributed by atoms with E-state index >= 15 is 0 Å². The molecule has 2 nitrogen and oxygen atoms in total. The molecule has 0 aliphatic heterocycles. The van der Waals surface area contributed by atoms with Crippen molar-refractivity contribution in [3.8, 4) is 0 Å². The number of halogens is 3. The Morgan fingerprint density at radius 3 is 2.58 bits per heavy atom. The Bertz CT molecular complexity index is 193. The number of hydrogen-bond donors (Lipinski definition) is 1. The second-order valence-corrected chi connectivity index (χ2v) is 5.22. The van der Waals surface area contributed by atoms with Crippen LogP contribution in [-0.4, -0.2) is 22.2 Å². The Morgan fingerprint density at radius 2 is 2.25 bits per heavy atom. The van der Waals surface area contributed by atoms with Gasteiger partial charge in [0.25, 0.3) is 0 Å². The lowest BCUT2D eigenvalue weighted by Gasteiger charge is -2.05. The van der Waals surface area contributed by atoms with Gasteiger partial charge in [0.05, 0.1) is 0 Å². The van der Waals surface area contributed by atoms with E-state index in [0.29, 0.717) is 6.54 Å². The number of hydrogen-bond acceptors (Lipinski definition) is 1. The second-order valence-electron chi connectivity index (χ2n) is 3.02. The molecular formula is C7H10Cl3NO. The second kappa shape index (κ2) is 3.60. The average molecular weight is 231 g/mol. The zero-order chi connectivity index (χ0) is 9.35. The fourth-order valence-corrected chi connectivity index (χ4v) is 1.46. The smallest absolute Gasteiger partial charge is 0.237 e. The van der Waals surface area contributed by atoms with Gasteiger partial charge in [-0.1, -0.05) is 0 Å². The molecule has 0 saturated heterocycles. The van der Waals surface area contributed by atoms with E-state index in [-0.39, 0.29) is 11.8 Å². The largest absolute Gasteiger partial charge is 0.354 e. The lowest BCUT2D eigenvalue weighted by Crippen LogP contribution is -2.31. The standard InChI is InChI=1S/C7H10Cl3NO/c1-4(8)6(12)11-3-5-2-7(5,9)10/h4-5H,2-3H2,1H3,(H,11,12). The van der Waals surface area contributed by atoms with Crippen LogP contribution in [0.4, 0.5) is 0 Å². The van der Waals surface area contributed by atoms with Crippen LogP contribution in [0.3, 0.4) is 0 Å². The molecule has 2 unspecified atom stereocenters. The Balaban J connectivity index is 2.16. The molecule has 1 N–H and O–H groups in total. The number of carbonyl (C=O) groups is 1. The maximum absolute atomic E-state index is 11.0. The summed E-state index contributed by atoms with van der Waals surface area (Å²) in [7, 11) is 0. The van der Waals surface area contributed by atoms with E-state index < -0.39 is 9.71 Å². The Morgan fingerprint density at radius 1 is 1.75 bits per heavy atom. The lowest BCUT2D eigenvalue weighted by atomic mass is 10.4. The van der Waals surface area contributed by atoms with Gasteiger partial charge >= 0.3 is 0 Å². The summed E-state index contributed by atoms with van der Waals surface area (Å²) in [6, 6.07) is 0. The molecule has 1 aliphatic carbocycles. The fraction of sp³-hybridized carbons (Fsp3) is 0.857. The molecule has 70 valence electrons. The van der Waals surface area contributed by atoms with E-state index in [1.54, 1.807) is 6.92 Å². The predicted molar refractivity (Wildman–Crippen MR) is 50.9 cm³/mol. The average Bonchev–Trinajstić information content (AvgIpc) is 2.54. The quantitative estimate of drug-likeness (QED) is 0.738. The van der Waals surface area contributed by atoms with Crippen molar-refractivity contribution in [2.45, 2.75) is 23.1 Å². The van der Waals surface area contributed by atoms with Crippen LogP contribution in [-0.2, 0) is 4.79 Å². The van der Waals surface area contributed by atoms with Gasteiger partial charge in [-0.2, -0.15) is 0 Å². The maximum atomic E-state index is 11.0. The molecular weight excluding hydrogens is 220 g/mol. The van der Waals surface area contributed by atoms with Crippen molar-refractivity contribution in [2.75, 3.05) is 6.54 Å². The van der Waals surface area contributed by atoms with Crippen LogP contribution in [0.1, 0.15) is 13.3 Å². The summed E-state index contributed by atoms with van der Waals surface area (Å²) in [6.45, 7) is 2.14. The molecule has 1 amide bonds. The number of nitrogens with one attached hydrogen (secondary N) is 1. The first kappa shape index (κ1) is 10.4. The van der Waals surface area contributed by atoms with Crippen molar-refractivity contribution in [1.82, 2.24) is 5.32 Å². The molecule has 0 aromatic carbocycles. The molecule has 1 aliphatic rings. The van der Waals surface area contributed by atoms with Crippen LogP contribution >= 0.6 is 34.8 Å². The van der Waals surface area contributed by atoms with E-state index in [9.17, 15) is 4.79 Å². The molecule has 0 bridgehead atoms.